The molecular formula is C14H29NO3Si. The van der Waals surface area contributed by atoms with Crippen molar-refractivity contribution in [3.63, 3.8) is 0 Å². The Labute approximate surface area is 118 Å². The first-order chi connectivity index (χ1) is 8.38. The molecule has 1 amide bonds. The zero-order valence-electron chi connectivity index (χ0n) is 13.4. The third kappa shape index (κ3) is 3.51. The van der Waals surface area contributed by atoms with Crippen LogP contribution < -0.4 is 0 Å². The smallest absolute Gasteiger partial charge is 0.408 e. The highest BCUT2D eigenvalue weighted by Crippen LogP contribution is 2.38. The van der Waals surface area contributed by atoms with Gasteiger partial charge >= 0.3 is 6.09 Å². The molecule has 1 rings (SSSR count). The van der Waals surface area contributed by atoms with E-state index in [-0.39, 0.29) is 16.6 Å². The zero-order chi connectivity index (χ0) is 15.1. The normalized spacial score (nSPS) is 23.7. The van der Waals surface area contributed by atoms with Crippen LogP contribution in [0.3, 0.4) is 0 Å². The molecule has 1 aliphatic heterocycles. The van der Waals surface area contributed by atoms with E-state index >= 15 is 0 Å². The number of hydrogen-bond acceptors (Lipinski definition) is 2. The Morgan fingerprint density at radius 2 is 1.95 bits per heavy atom. The van der Waals surface area contributed by atoms with Gasteiger partial charge in [0.25, 0.3) is 0 Å². The lowest BCUT2D eigenvalue weighted by Gasteiger charge is -2.39. The molecule has 1 unspecified atom stereocenters. The first-order valence-electron chi connectivity index (χ1n) is 7.05. The lowest BCUT2D eigenvalue weighted by molar-refractivity contribution is 0.0778. The largest absolute Gasteiger partial charge is 0.465 e. The highest BCUT2D eigenvalue weighted by Gasteiger charge is 2.44. The fourth-order valence-corrected chi connectivity index (χ4v) is 3.40. The SMILES string of the molecule is CC1(C)CCC(CO[Si](C)(C)C(C)(C)C)N1C(=O)O. The molecule has 1 fully saturated rings. The number of rotatable bonds is 3. The number of amides is 1. The van der Waals surface area contributed by atoms with Gasteiger partial charge in [-0.1, -0.05) is 20.8 Å². The third-order valence-electron chi connectivity index (χ3n) is 4.76. The summed E-state index contributed by atoms with van der Waals surface area (Å²) < 4.78 is 6.19. The Morgan fingerprint density at radius 1 is 1.42 bits per heavy atom. The first-order valence-corrected chi connectivity index (χ1v) is 9.95. The monoisotopic (exact) mass is 287 g/mol. The summed E-state index contributed by atoms with van der Waals surface area (Å²) in [7, 11) is -1.80. The van der Waals surface area contributed by atoms with Crippen LogP contribution in [0.1, 0.15) is 47.5 Å². The second-order valence-corrected chi connectivity index (χ2v) is 12.5. The van der Waals surface area contributed by atoms with Gasteiger partial charge in [-0.15, -0.1) is 0 Å². The van der Waals surface area contributed by atoms with Gasteiger partial charge in [-0.3, -0.25) is 4.90 Å². The van der Waals surface area contributed by atoms with Crippen molar-refractivity contribution in [1.29, 1.82) is 0 Å². The van der Waals surface area contributed by atoms with Crippen LogP contribution in [0.5, 0.6) is 0 Å². The summed E-state index contributed by atoms with van der Waals surface area (Å²) in [4.78, 5) is 13.0. The Hall–Kier alpha value is -0.553. The maximum atomic E-state index is 11.4. The standard InChI is InChI=1S/C14H29NO3Si/c1-13(2,3)19(6,7)18-10-11-8-9-14(4,5)15(11)12(16)17/h11H,8-10H2,1-7H3,(H,16,17). The van der Waals surface area contributed by atoms with Crippen LogP contribution in [0.4, 0.5) is 4.79 Å². The molecule has 0 aromatic carbocycles. The molecule has 0 aromatic heterocycles. The van der Waals surface area contributed by atoms with Crippen LogP contribution in [0.15, 0.2) is 0 Å². The molecule has 0 aromatic rings. The maximum absolute atomic E-state index is 11.4. The molecule has 1 atom stereocenters. The van der Waals surface area contributed by atoms with E-state index in [9.17, 15) is 9.90 Å². The van der Waals surface area contributed by atoms with Crippen molar-refractivity contribution in [2.24, 2.45) is 0 Å². The predicted molar refractivity (Wildman–Crippen MR) is 80.1 cm³/mol. The van der Waals surface area contributed by atoms with Gasteiger partial charge in [-0.2, -0.15) is 0 Å². The van der Waals surface area contributed by atoms with Gasteiger partial charge in [0.05, 0.1) is 12.6 Å². The van der Waals surface area contributed by atoms with Crippen molar-refractivity contribution in [3.8, 4) is 0 Å². The fraction of sp³-hybridized carbons (Fsp3) is 0.929. The average molecular weight is 287 g/mol. The molecule has 1 aliphatic rings. The van der Waals surface area contributed by atoms with Crippen molar-refractivity contribution < 1.29 is 14.3 Å². The molecule has 0 spiro atoms. The number of carboxylic acid groups (broad SMARTS) is 1. The third-order valence-corrected chi connectivity index (χ3v) is 9.26. The second-order valence-electron chi connectivity index (χ2n) is 7.73. The summed E-state index contributed by atoms with van der Waals surface area (Å²) in [6, 6.07) is 0.00150. The van der Waals surface area contributed by atoms with Crippen molar-refractivity contribution in [2.75, 3.05) is 6.61 Å². The number of likely N-dealkylation sites (tertiary alicyclic amines) is 1. The molecular weight excluding hydrogens is 258 g/mol. The van der Waals surface area contributed by atoms with Crippen molar-refractivity contribution >= 4 is 14.4 Å². The Morgan fingerprint density at radius 3 is 2.37 bits per heavy atom. The molecule has 0 bridgehead atoms. The quantitative estimate of drug-likeness (QED) is 0.800. The molecule has 1 saturated heterocycles. The van der Waals surface area contributed by atoms with Gasteiger partial charge in [-0.25, -0.2) is 4.79 Å². The van der Waals surface area contributed by atoms with Crippen molar-refractivity contribution in [1.82, 2.24) is 4.90 Å². The van der Waals surface area contributed by atoms with E-state index in [1.807, 2.05) is 13.8 Å². The molecule has 4 nitrogen and oxygen atoms in total. The second kappa shape index (κ2) is 5.09. The zero-order valence-corrected chi connectivity index (χ0v) is 14.4. The van der Waals surface area contributed by atoms with E-state index in [1.165, 1.54) is 0 Å². The van der Waals surface area contributed by atoms with Crippen LogP contribution in [0, 0.1) is 0 Å². The lowest BCUT2D eigenvalue weighted by Crippen LogP contribution is -2.50. The van der Waals surface area contributed by atoms with Crippen LogP contribution in [0.25, 0.3) is 0 Å². The first kappa shape index (κ1) is 16.5. The molecule has 19 heavy (non-hydrogen) atoms. The van der Waals surface area contributed by atoms with E-state index in [4.69, 9.17) is 4.43 Å². The Bertz CT molecular complexity index is 347. The summed E-state index contributed by atoms with van der Waals surface area (Å²) in [6.45, 7) is 15.5. The fourth-order valence-electron chi connectivity index (χ4n) is 2.36. The maximum Gasteiger partial charge on any atom is 0.408 e. The van der Waals surface area contributed by atoms with Gasteiger partial charge in [0.15, 0.2) is 8.32 Å². The molecule has 0 radical (unpaired) electrons. The summed E-state index contributed by atoms with van der Waals surface area (Å²) in [6.07, 6.45) is 0.977. The van der Waals surface area contributed by atoms with E-state index in [0.717, 1.165) is 12.8 Å². The predicted octanol–water partition coefficient (Wildman–Crippen LogP) is 3.93. The molecule has 0 saturated carbocycles. The van der Waals surface area contributed by atoms with Crippen LogP contribution in [-0.2, 0) is 4.43 Å². The van der Waals surface area contributed by atoms with Crippen LogP contribution in [-0.4, -0.2) is 42.6 Å². The average Bonchev–Trinajstić information content (AvgIpc) is 2.49. The van der Waals surface area contributed by atoms with Gasteiger partial charge < -0.3 is 9.53 Å². The Balaban J connectivity index is 2.71. The highest BCUT2D eigenvalue weighted by molar-refractivity contribution is 6.74. The summed E-state index contributed by atoms with van der Waals surface area (Å²) in [5, 5.41) is 9.55. The van der Waals surface area contributed by atoms with Gasteiger partial charge in [0.2, 0.25) is 0 Å². The van der Waals surface area contributed by atoms with Crippen LogP contribution >= 0.6 is 0 Å². The minimum absolute atomic E-state index is 0.00150. The van der Waals surface area contributed by atoms with Crippen molar-refractivity contribution in [2.45, 2.75) is 77.2 Å². The van der Waals surface area contributed by atoms with Gasteiger partial charge in [0, 0.05) is 5.54 Å². The summed E-state index contributed by atoms with van der Waals surface area (Å²) in [5.74, 6) is 0. The van der Waals surface area contributed by atoms with Gasteiger partial charge in [0.1, 0.15) is 0 Å². The topological polar surface area (TPSA) is 49.8 Å². The van der Waals surface area contributed by atoms with Crippen molar-refractivity contribution in [3.05, 3.63) is 0 Å². The molecule has 0 aliphatic carbocycles. The number of nitrogens with zero attached hydrogens (tertiary/aromatic N) is 1. The van der Waals surface area contributed by atoms with Crippen LogP contribution in [0.2, 0.25) is 18.1 Å². The minimum Gasteiger partial charge on any atom is -0.465 e. The molecule has 112 valence electrons. The summed E-state index contributed by atoms with van der Waals surface area (Å²) >= 11 is 0. The molecule has 1 heterocycles. The Kier molecular flexibility index (Phi) is 4.42. The van der Waals surface area contributed by atoms with E-state index in [0.29, 0.717) is 6.61 Å². The lowest BCUT2D eigenvalue weighted by atomic mass is 10.0. The number of hydrogen-bond donors (Lipinski definition) is 1. The minimum atomic E-state index is -1.80. The highest BCUT2D eigenvalue weighted by atomic mass is 28.4. The van der Waals surface area contributed by atoms with E-state index < -0.39 is 14.4 Å². The number of carbonyl (C=O) groups is 1. The molecule has 5 heteroatoms. The van der Waals surface area contributed by atoms with Gasteiger partial charge in [-0.05, 0) is 44.8 Å². The van der Waals surface area contributed by atoms with E-state index in [2.05, 4.69) is 33.9 Å². The molecule has 1 N–H and O–H groups in total. The van der Waals surface area contributed by atoms with E-state index in [1.54, 1.807) is 4.90 Å². The summed E-state index contributed by atoms with van der Waals surface area (Å²) in [5.41, 5.74) is -0.271.